The molecule has 4 rings (SSSR count). The van der Waals surface area contributed by atoms with Gasteiger partial charge in [-0.05, 0) is 56.2 Å². The second-order valence-corrected chi connectivity index (χ2v) is 17.9. The monoisotopic (exact) mass is 843 g/mol. The third-order valence-corrected chi connectivity index (χ3v) is 12.4. The van der Waals surface area contributed by atoms with Crippen molar-refractivity contribution in [2.45, 2.75) is 56.6 Å². The molecule has 6 N–H and O–H groups in total. The Kier molecular flexibility index (Phi) is 18.4. The van der Waals surface area contributed by atoms with Gasteiger partial charge in [0.05, 0.1) is 70.4 Å². The number of methoxy groups -OCH3 is 4. The van der Waals surface area contributed by atoms with Crippen LogP contribution in [0.2, 0.25) is 0 Å². The van der Waals surface area contributed by atoms with Gasteiger partial charge in [-0.2, -0.15) is 4.31 Å². The van der Waals surface area contributed by atoms with Gasteiger partial charge in [-0.15, -0.1) is 0 Å². The highest BCUT2D eigenvalue weighted by Crippen LogP contribution is 2.21. The lowest BCUT2D eigenvalue weighted by Crippen LogP contribution is -2.31. The first-order valence-electron chi connectivity index (χ1n) is 16.5. The van der Waals surface area contributed by atoms with Crippen LogP contribution in [-0.4, -0.2) is 104 Å². The molecule has 0 aliphatic rings. The van der Waals surface area contributed by atoms with E-state index in [2.05, 4.69) is 19.9 Å². The lowest BCUT2D eigenvalue weighted by atomic mass is 10.2. The molecule has 19 nitrogen and oxygen atoms in total. The number of nitrogens with zero attached hydrogens (tertiary/aromatic N) is 5. The molecule has 2 aromatic heterocycles. The summed E-state index contributed by atoms with van der Waals surface area (Å²) in [7, 11) is -4.89. The van der Waals surface area contributed by atoms with Gasteiger partial charge in [0, 0.05) is 13.1 Å². The number of hydrogen-bond donors (Lipinski definition) is 4. The molecular formula is C34H49N7O12S3. The summed E-state index contributed by atoms with van der Waals surface area (Å²) in [5, 5.41) is 26.9. The zero-order valence-corrected chi connectivity index (χ0v) is 34.4. The lowest BCUT2D eigenvalue weighted by Gasteiger charge is -2.22. The molecule has 0 aliphatic heterocycles. The Bertz CT molecular complexity index is 1970. The van der Waals surface area contributed by atoms with Gasteiger partial charge in [0.15, 0.2) is 0 Å². The molecule has 0 amide bonds. The van der Waals surface area contributed by atoms with E-state index in [1.165, 1.54) is 57.2 Å². The van der Waals surface area contributed by atoms with Crippen molar-refractivity contribution >= 4 is 30.1 Å². The molecular weight excluding hydrogens is 795 g/mol. The van der Waals surface area contributed by atoms with Crippen LogP contribution in [-0.2, 0) is 43.2 Å². The highest BCUT2D eigenvalue weighted by atomic mass is 32.2. The summed E-state index contributed by atoms with van der Waals surface area (Å²) >= 11 is 0. The molecule has 4 aromatic rings. The Balaban J connectivity index is 0.000000300. The van der Waals surface area contributed by atoms with Crippen molar-refractivity contribution in [3.05, 3.63) is 95.8 Å². The maximum absolute atomic E-state index is 12.4. The minimum absolute atomic E-state index is 0.0688. The van der Waals surface area contributed by atoms with E-state index in [4.69, 9.17) is 29.2 Å². The summed E-state index contributed by atoms with van der Waals surface area (Å²) in [6.45, 7) is 4.90. The van der Waals surface area contributed by atoms with Gasteiger partial charge in [-0.1, -0.05) is 24.3 Å². The highest BCUT2D eigenvalue weighted by Gasteiger charge is 2.28. The van der Waals surface area contributed by atoms with Crippen LogP contribution in [0.1, 0.15) is 55.5 Å². The Labute approximate surface area is 327 Å². The number of aromatic nitrogens is 4. The smallest absolute Gasteiger partial charge is 0.231 e. The highest BCUT2D eigenvalue weighted by molar-refractivity contribution is 7.90. The van der Waals surface area contributed by atoms with E-state index in [0.29, 0.717) is 13.1 Å². The fourth-order valence-corrected chi connectivity index (χ4v) is 6.37. The number of primary sulfonamides is 2. The van der Waals surface area contributed by atoms with Crippen LogP contribution in [0.4, 0.5) is 0 Å². The van der Waals surface area contributed by atoms with Gasteiger partial charge in [0.2, 0.25) is 41.8 Å². The molecule has 0 fully saturated rings. The number of ether oxygens (including phenoxy) is 4. The summed E-state index contributed by atoms with van der Waals surface area (Å²) in [6, 6.07) is 14.9. The van der Waals surface area contributed by atoms with Gasteiger partial charge in [0.1, 0.15) is 34.2 Å². The second-order valence-electron chi connectivity index (χ2n) is 11.8. The van der Waals surface area contributed by atoms with Crippen LogP contribution in [0.5, 0.6) is 23.3 Å². The summed E-state index contributed by atoms with van der Waals surface area (Å²) in [4.78, 5) is 15.3. The van der Waals surface area contributed by atoms with E-state index in [9.17, 15) is 35.5 Å². The molecule has 310 valence electrons. The molecule has 2 aromatic carbocycles. The average molecular weight is 844 g/mol. The number of sulfonamides is 3. The fraction of sp³-hybridized carbons (Fsp3) is 0.412. The van der Waals surface area contributed by atoms with Crippen molar-refractivity contribution in [3.63, 3.8) is 0 Å². The van der Waals surface area contributed by atoms with Gasteiger partial charge < -0.3 is 29.2 Å². The van der Waals surface area contributed by atoms with E-state index in [1.807, 2.05) is 48.5 Å². The summed E-state index contributed by atoms with van der Waals surface area (Å²) < 4.78 is 90.2. The number of rotatable bonds is 16. The van der Waals surface area contributed by atoms with Crippen LogP contribution >= 0.6 is 0 Å². The van der Waals surface area contributed by atoms with E-state index in [1.54, 1.807) is 21.1 Å². The van der Waals surface area contributed by atoms with E-state index >= 15 is 0 Å². The Morgan fingerprint density at radius 3 is 1.16 bits per heavy atom. The molecule has 0 bridgehead atoms. The van der Waals surface area contributed by atoms with Crippen molar-refractivity contribution in [2.24, 2.45) is 10.3 Å². The van der Waals surface area contributed by atoms with Crippen LogP contribution in [0.25, 0.3) is 0 Å². The number of aliphatic hydroxyl groups is 2. The quantitative estimate of drug-likeness (QED) is 0.124. The van der Waals surface area contributed by atoms with Crippen molar-refractivity contribution in [2.75, 3.05) is 34.2 Å². The molecule has 2 heterocycles. The van der Waals surface area contributed by atoms with Gasteiger partial charge >= 0.3 is 0 Å². The fourth-order valence-electron chi connectivity index (χ4n) is 4.31. The zero-order valence-electron chi connectivity index (χ0n) is 32.0. The molecule has 0 spiro atoms. The predicted molar refractivity (Wildman–Crippen MR) is 207 cm³/mol. The maximum Gasteiger partial charge on any atom is 0.231 e. The predicted octanol–water partition coefficient (Wildman–Crippen LogP) is 1.45. The largest absolute Gasteiger partial charge is 0.497 e. The Morgan fingerprint density at radius 1 is 0.589 bits per heavy atom. The number of hydrogen-bond acceptors (Lipinski definition) is 16. The molecule has 4 atom stereocenters. The van der Waals surface area contributed by atoms with Crippen LogP contribution in [0, 0.1) is 0 Å². The number of benzene rings is 2. The minimum atomic E-state index is -3.81. The second kappa shape index (κ2) is 21.7. The third kappa shape index (κ3) is 14.8. The van der Waals surface area contributed by atoms with Crippen molar-refractivity contribution in [1.29, 1.82) is 0 Å². The number of aliphatic hydroxyl groups excluding tert-OH is 2. The molecule has 0 unspecified atom stereocenters. The first-order chi connectivity index (χ1) is 26.2. The van der Waals surface area contributed by atoms with E-state index < -0.39 is 52.8 Å². The molecule has 22 heteroatoms. The molecule has 0 saturated heterocycles. The number of nitrogens with two attached hydrogens (primary N) is 2. The summed E-state index contributed by atoms with van der Waals surface area (Å²) in [6.07, 6.45) is 2.43. The topological polar surface area (TPSA) is 287 Å². The average Bonchev–Trinajstić information content (AvgIpc) is 3.19. The normalized spacial score (nSPS) is 13.8. The van der Waals surface area contributed by atoms with Crippen molar-refractivity contribution in [3.8, 4) is 23.3 Å². The Morgan fingerprint density at radius 2 is 0.929 bits per heavy atom. The van der Waals surface area contributed by atoms with Crippen molar-refractivity contribution in [1.82, 2.24) is 24.2 Å². The van der Waals surface area contributed by atoms with Gasteiger partial charge in [0.25, 0.3) is 0 Å². The van der Waals surface area contributed by atoms with E-state index in [-0.39, 0.29) is 28.9 Å². The SMILES string of the molecule is CCS(=O)(=O)N(Cc1ccc(OC)cc1)Cc1ccc(OC)cc1.COc1cnc([C@@H](O)[C@H](C)S(N)(=O)=O)cn1.COc1cnc([C@H](O)[C@@H](C)S(N)(=O)=O)cn1. The zero-order chi connectivity index (χ0) is 42.3. The minimum Gasteiger partial charge on any atom is -0.497 e. The first kappa shape index (κ1) is 47.6. The third-order valence-electron chi connectivity index (χ3n) is 8.04. The standard InChI is InChI=1S/C18H23NO4S.2C8H13N3O4S/c1-4-24(20,21)19(13-15-5-9-17(22-2)10-6-15)14-16-7-11-18(23-3)12-8-16;2*1-5(16(9,13)14)8(12)6-3-11-7(15-2)4-10-6/h5-12H,4,13-14H2,1-3H3;2*3-5,8,12H,1-2H3,(H2,9,13,14)/t;2*5-,8-/m.10/s1. The van der Waals surface area contributed by atoms with Crippen LogP contribution in [0.15, 0.2) is 73.3 Å². The molecule has 0 aliphatic carbocycles. The maximum atomic E-state index is 12.4. The van der Waals surface area contributed by atoms with Crippen LogP contribution < -0.4 is 29.2 Å². The summed E-state index contributed by atoms with van der Waals surface area (Å²) in [5.41, 5.74) is 2.09. The summed E-state index contributed by atoms with van der Waals surface area (Å²) in [5.74, 6) is 2.12. The van der Waals surface area contributed by atoms with E-state index in [0.717, 1.165) is 22.6 Å². The van der Waals surface area contributed by atoms with Gasteiger partial charge in [-0.3, -0.25) is 9.97 Å². The van der Waals surface area contributed by atoms with Crippen molar-refractivity contribution < 1.29 is 54.4 Å². The Hall–Kier alpha value is -4.55. The van der Waals surface area contributed by atoms with Crippen LogP contribution in [0.3, 0.4) is 0 Å². The molecule has 0 saturated carbocycles. The molecule has 56 heavy (non-hydrogen) atoms. The lowest BCUT2D eigenvalue weighted by molar-refractivity contribution is 0.170. The molecule has 0 radical (unpaired) electrons. The van der Waals surface area contributed by atoms with Gasteiger partial charge in [-0.25, -0.2) is 45.5 Å². The first-order valence-corrected chi connectivity index (χ1v) is 21.4.